The van der Waals surface area contributed by atoms with Crippen LogP contribution in [0.5, 0.6) is 0 Å². The first kappa shape index (κ1) is 8.57. The highest BCUT2D eigenvalue weighted by atomic mass is 32.1. The average molecular weight is 140 g/mol. The highest BCUT2D eigenvalue weighted by molar-refractivity contribution is 7.81. The molecule has 0 rings (SSSR count). The van der Waals surface area contributed by atoms with Crippen molar-refractivity contribution < 1.29 is 0 Å². The van der Waals surface area contributed by atoms with Crippen molar-refractivity contribution in [3.05, 3.63) is 37.0 Å². The molecule has 9 heavy (non-hydrogen) atoms. The van der Waals surface area contributed by atoms with E-state index in [1.807, 2.05) is 13.0 Å². The largest absolute Gasteiger partial charge is 0.171 e. The van der Waals surface area contributed by atoms with E-state index in [0.717, 1.165) is 5.57 Å². The smallest absolute Gasteiger partial charge is 0.0238 e. The Morgan fingerprint density at radius 2 is 2.11 bits per heavy atom. The molecule has 0 radical (unpaired) electrons. The molecule has 0 saturated heterocycles. The molecule has 0 aromatic rings. The van der Waals surface area contributed by atoms with E-state index < -0.39 is 0 Å². The van der Waals surface area contributed by atoms with Crippen molar-refractivity contribution >= 4 is 12.6 Å². The van der Waals surface area contributed by atoms with Crippen molar-refractivity contribution in [1.82, 2.24) is 0 Å². The first-order chi connectivity index (χ1) is 4.22. The molecule has 0 spiro atoms. The molecule has 0 nitrogen and oxygen atoms in total. The molecule has 0 amide bonds. The maximum atomic E-state index is 4.22. The third-order valence-electron chi connectivity index (χ3n) is 1.03. The lowest BCUT2D eigenvalue weighted by molar-refractivity contribution is 1.19. The molecule has 0 bridgehead atoms. The van der Waals surface area contributed by atoms with Crippen LogP contribution in [-0.2, 0) is 0 Å². The number of allylic oxidation sites excluding steroid dienone is 3. The van der Waals surface area contributed by atoms with Crippen molar-refractivity contribution in [2.75, 3.05) is 0 Å². The zero-order valence-electron chi connectivity index (χ0n) is 5.67. The lowest BCUT2D eigenvalue weighted by atomic mass is 10.2. The Morgan fingerprint density at radius 1 is 1.56 bits per heavy atom. The second-order valence-corrected chi connectivity index (χ2v) is 2.56. The van der Waals surface area contributed by atoms with Crippen molar-refractivity contribution in [2.24, 2.45) is 0 Å². The van der Waals surface area contributed by atoms with Crippen LogP contribution in [-0.4, -0.2) is 5.25 Å². The monoisotopic (exact) mass is 140 g/mol. The molecule has 0 aromatic heterocycles. The van der Waals surface area contributed by atoms with Crippen LogP contribution >= 0.6 is 12.6 Å². The highest BCUT2D eigenvalue weighted by Gasteiger charge is 1.95. The number of hydrogen-bond donors (Lipinski definition) is 1. The summed E-state index contributed by atoms with van der Waals surface area (Å²) in [7, 11) is 0. The van der Waals surface area contributed by atoms with Gasteiger partial charge in [0.15, 0.2) is 0 Å². The van der Waals surface area contributed by atoms with Crippen LogP contribution in [0.4, 0.5) is 0 Å². The summed E-state index contributed by atoms with van der Waals surface area (Å²) in [4.78, 5) is 0. The van der Waals surface area contributed by atoms with Crippen LogP contribution in [0.3, 0.4) is 0 Å². The van der Waals surface area contributed by atoms with Gasteiger partial charge in [0.25, 0.3) is 0 Å². The predicted molar refractivity (Wildman–Crippen MR) is 46.9 cm³/mol. The van der Waals surface area contributed by atoms with Crippen LogP contribution < -0.4 is 0 Å². The van der Waals surface area contributed by atoms with Gasteiger partial charge in [-0.15, -0.1) is 0 Å². The number of thiol groups is 1. The van der Waals surface area contributed by atoms with Gasteiger partial charge in [-0.25, -0.2) is 0 Å². The van der Waals surface area contributed by atoms with Gasteiger partial charge >= 0.3 is 0 Å². The normalized spacial score (nSPS) is 14.7. The molecule has 0 heterocycles. The average Bonchev–Trinajstić information content (AvgIpc) is 1.82. The van der Waals surface area contributed by atoms with E-state index >= 15 is 0 Å². The van der Waals surface area contributed by atoms with Gasteiger partial charge in [-0.3, -0.25) is 0 Å². The van der Waals surface area contributed by atoms with Crippen molar-refractivity contribution in [3.8, 4) is 0 Å². The number of hydrogen-bond acceptors (Lipinski definition) is 1. The Kier molecular flexibility index (Phi) is 4.24. The van der Waals surface area contributed by atoms with E-state index in [-0.39, 0.29) is 5.25 Å². The fourth-order valence-electron chi connectivity index (χ4n) is 0.514. The Labute approximate surface area is 62.4 Å². The summed E-state index contributed by atoms with van der Waals surface area (Å²) in [5.74, 6) is 0. The highest BCUT2D eigenvalue weighted by Crippen LogP contribution is 2.08. The molecule has 1 atom stereocenters. The van der Waals surface area contributed by atoms with Gasteiger partial charge in [0.2, 0.25) is 0 Å². The minimum absolute atomic E-state index is 0.250. The molecule has 0 saturated carbocycles. The molecule has 0 aliphatic carbocycles. The lowest BCUT2D eigenvalue weighted by Gasteiger charge is -2.01. The fourth-order valence-corrected chi connectivity index (χ4v) is 0.705. The summed E-state index contributed by atoms with van der Waals surface area (Å²) in [5, 5.41) is 0.250. The summed E-state index contributed by atoms with van der Waals surface area (Å²) in [6.45, 7) is 9.21. The zero-order valence-corrected chi connectivity index (χ0v) is 6.57. The standard InChI is InChI=1S/C8H12S/c1-4-6-8(5-2)7(3)9/h4-7,9H,1-2H2,3H3/b8-6+/t7-/m0/s1. The van der Waals surface area contributed by atoms with Gasteiger partial charge in [0, 0.05) is 5.25 Å². The fraction of sp³-hybridized carbons (Fsp3) is 0.250. The summed E-state index contributed by atoms with van der Waals surface area (Å²) >= 11 is 4.22. The van der Waals surface area contributed by atoms with Crippen LogP contribution in [0.25, 0.3) is 0 Å². The van der Waals surface area contributed by atoms with Crippen LogP contribution in [0, 0.1) is 0 Å². The molecule has 1 heteroatoms. The van der Waals surface area contributed by atoms with Gasteiger partial charge in [-0.2, -0.15) is 12.6 Å². The zero-order chi connectivity index (χ0) is 7.28. The quantitative estimate of drug-likeness (QED) is 0.452. The molecule has 0 fully saturated rings. The van der Waals surface area contributed by atoms with Gasteiger partial charge in [0.05, 0.1) is 0 Å². The Morgan fingerprint density at radius 3 is 2.22 bits per heavy atom. The minimum Gasteiger partial charge on any atom is -0.171 e. The van der Waals surface area contributed by atoms with Gasteiger partial charge in [-0.05, 0) is 12.5 Å². The third-order valence-corrected chi connectivity index (χ3v) is 1.33. The minimum atomic E-state index is 0.250. The second-order valence-electron chi connectivity index (χ2n) is 1.78. The van der Waals surface area contributed by atoms with E-state index in [4.69, 9.17) is 0 Å². The van der Waals surface area contributed by atoms with E-state index in [2.05, 4.69) is 25.8 Å². The van der Waals surface area contributed by atoms with Crippen molar-refractivity contribution in [3.63, 3.8) is 0 Å². The van der Waals surface area contributed by atoms with Crippen LogP contribution in [0.1, 0.15) is 6.92 Å². The van der Waals surface area contributed by atoms with E-state index in [1.165, 1.54) is 0 Å². The molecule has 50 valence electrons. The number of rotatable bonds is 3. The molecule has 0 unspecified atom stereocenters. The van der Waals surface area contributed by atoms with Crippen molar-refractivity contribution in [2.45, 2.75) is 12.2 Å². The maximum absolute atomic E-state index is 4.22. The summed E-state index contributed by atoms with van der Waals surface area (Å²) in [6, 6.07) is 0. The molecular formula is C8H12S. The summed E-state index contributed by atoms with van der Waals surface area (Å²) < 4.78 is 0. The molecule has 0 aromatic carbocycles. The predicted octanol–water partition coefficient (Wildman–Crippen LogP) is 2.60. The second kappa shape index (κ2) is 4.45. The Balaban J connectivity index is 4.13. The van der Waals surface area contributed by atoms with Crippen molar-refractivity contribution in [1.29, 1.82) is 0 Å². The third kappa shape index (κ3) is 3.20. The van der Waals surface area contributed by atoms with Gasteiger partial charge < -0.3 is 0 Å². The summed E-state index contributed by atoms with van der Waals surface area (Å²) in [6.07, 6.45) is 5.44. The molecule has 0 N–H and O–H groups in total. The van der Waals surface area contributed by atoms with Crippen LogP contribution in [0.15, 0.2) is 37.0 Å². The van der Waals surface area contributed by atoms with Gasteiger partial charge in [0.1, 0.15) is 0 Å². The van der Waals surface area contributed by atoms with Gasteiger partial charge in [-0.1, -0.05) is 31.4 Å². The first-order valence-corrected chi connectivity index (χ1v) is 3.37. The van der Waals surface area contributed by atoms with E-state index in [1.54, 1.807) is 12.2 Å². The Hall–Kier alpha value is -0.430. The first-order valence-electron chi connectivity index (χ1n) is 2.85. The Bertz CT molecular complexity index is 132. The molecule has 0 aliphatic rings. The molecule has 0 aliphatic heterocycles. The maximum Gasteiger partial charge on any atom is 0.0238 e. The lowest BCUT2D eigenvalue weighted by Crippen LogP contribution is -1.92. The topological polar surface area (TPSA) is 0 Å². The van der Waals surface area contributed by atoms with E-state index in [9.17, 15) is 0 Å². The van der Waals surface area contributed by atoms with Crippen LogP contribution in [0.2, 0.25) is 0 Å². The SMILES string of the molecule is C=C/C=C(\C=C)[C@H](C)S. The summed E-state index contributed by atoms with van der Waals surface area (Å²) in [5.41, 5.74) is 1.10. The van der Waals surface area contributed by atoms with E-state index in [0.29, 0.717) is 0 Å². The molecular weight excluding hydrogens is 128 g/mol.